The molecule has 0 amide bonds. The summed E-state index contributed by atoms with van der Waals surface area (Å²) in [5, 5.41) is 9.57. The zero-order valence-corrected chi connectivity index (χ0v) is 16.0. The molecule has 8 nitrogen and oxygen atoms in total. The molecule has 3 aliphatic rings. The summed E-state index contributed by atoms with van der Waals surface area (Å²) in [6, 6.07) is 8.12. The highest BCUT2D eigenvalue weighted by atomic mass is 16.5. The number of aromatic nitrogens is 2. The van der Waals surface area contributed by atoms with Gasteiger partial charge in [0.1, 0.15) is 5.75 Å². The summed E-state index contributed by atoms with van der Waals surface area (Å²) < 4.78 is 6.26. The normalized spacial score (nSPS) is 25.8. The largest absolute Gasteiger partial charge is 0.490 e. The van der Waals surface area contributed by atoms with Gasteiger partial charge in [0.25, 0.3) is 0 Å². The first-order valence-corrected chi connectivity index (χ1v) is 10.0. The quantitative estimate of drug-likeness (QED) is 0.852. The Labute approximate surface area is 167 Å². The van der Waals surface area contributed by atoms with Gasteiger partial charge in [-0.25, -0.2) is 15.0 Å². The summed E-state index contributed by atoms with van der Waals surface area (Å²) in [6.07, 6.45) is 7.37. The van der Waals surface area contributed by atoms with E-state index in [1.54, 1.807) is 0 Å². The lowest BCUT2D eigenvalue weighted by Crippen LogP contribution is -2.29. The van der Waals surface area contributed by atoms with Crippen LogP contribution in [0.25, 0.3) is 0 Å². The van der Waals surface area contributed by atoms with Gasteiger partial charge in [-0.05, 0) is 60.9 Å². The van der Waals surface area contributed by atoms with E-state index >= 15 is 0 Å². The van der Waals surface area contributed by atoms with Gasteiger partial charge in [-0.1, -0.05) is 12.1 Å². The highest BCUT2D eigenvalue weighted by molar-refractivity contribution is 5.48. The van der Waals surface area contributed by atoms with Crippen LogP contribution in [0.5, 0.6) is 5.75 Å². The molecule has 1 aromatic carbocycles. The van der Waals surface area contributed by atoms with E-state index in [0.29, 0.717) is 24.6 Å². The van der Waals surface area contributed by atoms with Gasteiger partial charge in [0.15, 0.2) is 6.67 Å². The van der Waals surface area contributed by atoms with Gasteiger partial charge in [0, 0.05) is 28.3 Å². The average Bonchev–Trinajstić information content (AvgIpc) is 3.45. The Morgan fingerprint density at radius 3 is 2.43 bits per heavy atom. The summed E-state index contributed by atoms with van der Waals surface area (Å²) in [4.78, 5) is 11.4. The standard InChI is InChI=1S/C20H25N7O.2H2/c1-2-14-9-21-20(22-10-14)26-11-15-7-19(8-16(15)12-26)28-18-5-3-17(4-6-18)27-13-23-24-25-27;;/h3-6,9-10,15-16,19H,2,7-8,11-13H2,1H3,(H,23,25);2*1H. The Hall–Kier alpha value is -2.90. The van der Waals surface area contributed by atoms with Gasteiger partial charge in [-0.3, -0.25) is 0 Å². The molecule has 3 heterocycles. The Kier molecular flexibility index (Phi) is 4.46. The number of hydrogen-bond donors (Lipinski definition) is 1. The third kappa shape index (κ3) is 3.34. The van der Waals surface area contributed by atoms with Crippen molar-refractivity contribution in [1.82, 2.24) is 15.5 Å². The van der Waals surface area contributed by atoms with E-state index in [1.165, 1.54) is 5.56 Å². The Bertz CT molecular complexity index is 827. The molecule has 1 saturated heterocycles. The van der Waals surface area contributed by atoms with Crippen molar-refractivity contribution in [1.29, 1.82) is 0 Å². The van der Waals surface area contributed by atoms with Crippen molar-refractivity contribution >= 4 is 11.6 Å². The Balaban J connectivity index is 0.00000128. The van der Waals surface area contributed by atoms with Crippen LogP contribution >= 0.6 is 0 Å². The molecule has 2 atom stereocenters. The van der Waals surface area contributed by atoms with Crippen molar-refractivity contribution < 1.29 is 7.59 Å². The minimum absolute atomic E-state index is 0. The maximum Gasteiger partial charge on any atom is 0.225 e. The number of benzene rings is 1. The summed E-state index contributed by atoms with van der Waals surface area (Å²) in [5.74, 6) is 3.12. The molecule has 1 N–H and O–H groups in total. The van der Waals surface area contributed by atoms with E-state index in [-0.39, 0.29) is 2.85 Å². The fraction of sp³-hybridized carbons (Fsp3) is 0.500. The monoisotopic (exact) mass is 383 g/mol. The first kappa shape index (κ1) is 17.2. The lowest BCUT2D eigenvalue weighted by Gasteiger charge is -2.20. The highest BCUT2D eigenvalue weighted by Crippen LogP contribution is 2.40. The van der Waals surface area contributed by atoms with E-state index in [4.69, 9.17) is 4.74 Å². The Morgan fingerprint density at radius 1 is 1.11 bits per heavy atom. The number of ether oxygens (including phenoxy) is 1. The molecule has 1 aliphatic carbocycles. The molecule has 28 heavy (non-hydrogen) atoms. The van der Waals surface area contributed by atoms with Crippen LogP contribution in [-0.2, 0) is 6.42 Å². The maximum absolute atomic E-state index is 6.26. The van der Waals surface area contributed by atoms with Crippen molar-refractivity contribution in [2.75, 3.05) is 29.7 Å². The van der Waals surface area contributed by atoms with Gasteiger partial charge in [-0.15, -0.1) is 5.11 Å². The zero-order chi connectivity index (χ0) is 18.9. The fourth-order valence-electron chi connectivity index (χ4n) is 4.45. The average molecular weight is 384 g/mol. The fourth-order valence-corrected chi connectivity index (χ4v) is 4.45. The van der Waals surface area contributed by atoms with E-state index in [2.05, 4.69) is 37.7 Å². The van der Waals surface area contributed by atoms with Gasteiger partial charge in [-0.2, -0.15) is 5.53 Å². The highest BCUT2D eigenvalue weighted by Gasteiger charge is 2.42. The molecule has 1 saturated carbocycles. The number of nitrogens with zero attached hydrogens (tertiary/aromatic N) is 6. The van der Waals surface area contributed by atoms with Crippen LogP contribution in [-0.4, -0.2) is 35.8 Å². The smallest absolute Gasteiger partial charge is 0.225 e. The summed E-state index contributed by atoms with van der Waals surface area (Å²) >= 11 is 0. The number of aryl methyl sites for hydroxylation is 1. The molecule has 2 aromatic rings. The summed E-state index contributed by atoms with van der Waals surface area (Å²) in [7, 11) is 0. The van der Waals surface area contributed by atoms with Crippen LogP contribution in [0, 0.1) is 11.8 Å². The maximum atomic E-state index is 6.26. The molecule has 8 heteroatoms. The molecule has 150 valence electrons. The summed E-state index contributed by atoms with van der Waals surface area (Å²) in [5.41, 5.74) is 5.07. The van der Waals surface area contributed by atoms with E-state index < -0.39 is 0 Å². The molecule has 2 unspecified atom stereocenters. The van der Waals surface area contributed by atoms with E-state index in [1.807, 2.05) is 41.7 Å². The summed E-state index contributed by atoms with van der Waals surface area (Å²) in [6.45, 7) is 4.72. The second-order valence-electron chi connectivity index (χ2n) is 7.79. The number of hydrazine groups is 1. The molecular formula is C20H29N7O. The molecule has 5 rings (SSSR count). The van der Waals surface area contributed by atoms with Gasteiger partial charge < -0.3 is 9.64 Å². The first-order valence-electron chi connectivity index (χ1n) is 10.0. The first-order chi connectivity index (χ1) is 13.8. The SMILES string of the molecule is CCc1cnc(N2CC3CC(Oc4ccc(N5CN=NN5)cc4)CC3C2)nc1.[HH].[HH]. The second kappa shape index (κ2) is 7.26. The molecule has 0 spiro atoms. The van der Waals surface area contributed by atoms with Crippen LogP contribution in [0.3, 0.4) is 0 Å². The number of anilines is 2. The lowest BCUT2D eigenvalue weighted by atomic mass is 10.0. The predicted octanol–water partition coefficient (Wildman–Crippen LogP) is 3.47. The number of nitrogens with one attached hydrogen (secondary N) is 1. The minimum atomic E-state index is 0. The van der Waals surface area contributed by atoms with Gasteiger partial charge >= 0.3 is 0 Å². The third-order valence-corrected chi connectivity index (χ3v) is 5.98. The van der Waals surface area contributed by atoms with Crippen LogP contribution < -0.4 is 20.2 Å². The minimum Gasteiger partial charge on any atom is -0.490 e. The number of hydrogen-bond acceptors (Lipinski definition) is 8. The van der Waals surface area contributed by atoms with Crippen LogP contribution in [0.2, 0.25) is 0 Å². The number of fused-ring (bicyclic) bond motifs is 1. The molecule has 2 fully saturated rings. The molecule has 0 radical (unpaired) electrons. The third-order valence-electron chi connectivity index (χ3n) is 5.98. The Morgan fingerprint density at radius 2 is 1.82 bits per heavy atom. The second-order valence-corrected chi connectivity index (χ2v) is 7.79. The number of rotatable bonds is 5. The van der Waals surface area contributed by atoms with Gasteiger partial charge in [0.05, 0.1) is 11.8 Å². The lowest BCUT2D eigenvalue weighted by molar-refractivity contribution is 0.200. The van der Waals surface area contributed by atoms with Crippen molar-refractivity contribution in [2.24, 2.45) is 22.2 Å². The molecule has 2 aliphatic heterocycles. The van der Waals surface area contributed by atoms with Crippen LogP contribution in [0.4, 0.5) is 11.6 Å². The zero-order valence-electron chi connectivity index (χ0n) is 16.0. The molecule has 0 bridgehead atoms. The topological polar surface area (TPSA) is 78.2 Å². The van der Waals surface area contributed by atoms with E-state index in [0.717, 1.165) is 49.7 Å². The predicted molar refractivity (Wildman–Crippen MR) is 110 cm³/mol. The van der Waals surface area contributed by atoms with Crippen molar-refractivity contribution in [3.05, 3.63) is 42.2 Å². The van der Waals surface area contributed by atoms with Crippen molar-refractivity contribution in [2.45, 2.75) is 32.3 Å². The van der Waals surface area contributed by atoms with Crippen LogP contribution in [0.15, 0.2) is 47.0 Å². The van der Waals surface area contributed by atoms with Crippen molar-refractivity contribution in [3.8, 4) is 5.75 Å². The van der Waals surface area contributed by atoms with Gasteiger partial charge in [0.2, 0.25) is 5.95 Å². The van der Waals surface area contributed by atoms with E-state index in [9.17, 15) is 0 Å². The van der Waals surface area contributed by atoms with Crippen molar-refractivity contribution in [3.63, 3.8) is 0 Å². The molecular weight excluding hydrogens is 354 g/mol. The molecule has 1 aromatic heterocycles. The van der Waals surface area contributed by atoms with Crippen LogP contribution in [0.1, 0.15) is 28.2 Å².